The number of hydrogen-bond acceptors (Lipinski definition) is 5. The van der Waals surface area contributed by atoms with Gasteiger partial charge in [-0.2, -0.15) is 0 Å². The summed E-state index contributed by atoms with van der Waals surface area (Å²) in [6, 6.07) is 4.06. The first-order valence-corrected chi connectivity index (χ1v) is 9.61. The van der Waals surface area contributed by atoms with Gasteiger partial charge >= 0.3 is 6.36 Å². The second-order valence-corrected chi connectivity index (χ2v) is 7.39. The molecule has 0 aliphatic carbocycles. The number of anilines is 1. The van der Waals surface area contributed by atoms with Gasteiger partial charge in [-0.15, -0.1) is 13.2 Å². The van der Waals surface area contributed by atoms with Crippen molar-refractivity contribution in [3.05, 3.63) is 59.5 Å². The monoisotopic (exact) mass is 446 g/mol. The predicted octanol–water partition coefficient (Wildman–Crippen LogP) is 4.42. The number of nitrogens with zero attached hydrogens (tertiary/aromatic N) is 3. The topological polar surface area (TPSA) is 93.0 Å². The van der Waals surface area contributed by atoms with Crippen LogP contribution in [0.5, 0.6) is 5.75 Å². The smallest absolute Gasteiger partial charge is 0.404 e. The number of aliphatic imine (C=N–C) groups is 2. The molecule has 0 amide bonds. The van der Waals surface area contributed by atoms with Crippen molar-refractivity contribution in [3.8, 4) is 5.75 Å². The number of hydrogen-bond donors (Lipinski definition) is 1. The van der Waals surface area contributed by atoms with E-state index in [9.17, 15) is 21.6 Å². The Morgan fingerprint density at radius 2 is 2.03 bits per heavy atom. The van der Waals surface area contributed by atoms with Gasteiger partial charge in [0, 0.05) is 23.0 Å². The van der Waals surface area contributed by atoms with Crippen LogP contribution in [0, 0.1) is 0 Å². The number of rotatable bonds is 6. The van der Waals surface area contributed by atoms with E-state index in [4.69, 9.17) is 11.6 Å². The Labute approximate surface area is 169 Å². The molecule has 1 aromatic heterocycles. The van der Waals surface area contributed by atoms with Gasteiger partial charge in [0.05, 0.1) is 11.9 Å². The Balaban J connectivity index is 2.44. The van der Waals surface area contributed by atoms with Gasteiger partial charge in [0.1, 0.15) is 10.6 Å². The average molecular weight is 447 g/mol. The molecule has 0 aliphatic heterocycles. The number of pyridine rings is 1. The molecular weight excluding hydrogens is 433 g/mol. The number of aromatic nitrogens is 1. The SMILES string of the molecule is C=NC(=N/C=C\C)c1cncc(NS(=O)(=O)c2cc(Cl)ccc2OC(F)(F)F)c1. The predicted molar refractivity (Wildman–Crippen MR) is 104 cm³/mol. The standard InChI is InChI=1S/C17H14ClF3N4O3S/c1-3-6-24-16(22-2)11-7-13(10-23-9-11)25-29(26,27)15-8-12(18)4-5-14(15)28-17(19,20)21/h3-10,25H,2H2,1H3/b6-3-,24-16?. The van der Waals surface area contributed by atoms with E-state index in [-0.39, 0.29) is 16.5 Å². The molecule has 0 spiro atoms. The molecule has 12 heteroatoms. The number of amidine groups is 1. The molecule has 7 nitrogen and oxygen atoms in total. The van der Waals surface area contributed by atoms with Crippen LogP contribution in [0.25, 0.3) is 0 Å². The molecule has 0 atom stereocenters. The first-order chi connectivity index (χ1) is 13.6. The molecule has 0 saturated heterocycles. The van der Waals surface area contributed by atoms with Crippen LogP contribution in [-0.4, -0.2) is 32.3 Å². The Kier molecular flexibility index (Phi) is 6.98. The molecule has 0 bridgehead atoms. The summed E-state index contributed by atoms with van der Waals surface area (Å²) >= 11 is 5.75. The highest BCUT2D eigenvalue weighted by atomic mass is 35.5. The summed E-state index contributed by atoms with van der Waals surface area (Å²) in [7, 11) is -4.50. The zero-order valence-electron chi connectivity index (χ0n) is 14.8. The van der Waals surface area contributed by atoms with Gasteiger partial charge in [0.2, 0.25) is 0 Å². The normalized spacial score (nSPS) is 12.8. The maximum Gasteiger partial charge on any atom is 0.573 e. The highest BCUT2D eigenvalue weighted by molar-refractivity contribution is 7.92. The van der Waals surface area contributed by atoms with Gasteiger partial charge < -0.3 is 4.74 Å². The van der Waals surface area contributed by atoms with Gasteiger partial charge in [0.15, 0.2) is 5.84 Å². The zero-order valence-corrected chi connectivity index (χ0v) is 16.4. The Morgan fingerprint density at radius 3 is 2.66 bits per heavy atom. The van der Waals surface area contributed by atoms with Crippen LogP contribution in [0.2, 0.25) is 5.02 Å². The molecule has 1 aromatic carbocycles. The van der Waals surface area contributed by atoms with Gasteiger partial charge in [-0.1, -0.05) is 17.7 Å². The highest BCUT2D eigenvalue weighted by Crippen LogP contribution is 2.32. The second kappa shape index (κ2) is 9.05. The number of halogens is 4. The fourth-order valence-corrected chi connectivity index (χ4v) is 3.51. The molecular formula is C17H14ClF3N4O3S. The molecule has 29 heavy (non-hydrogen) atoms. The quantitative estimate of drug-likeness (QED) is 0.525. The van der Waals surface area contributed by atoms with E-state index in [2.05, 4.69) is 31.1 Å². The van der Waals surface area contributed by atoms with E-state index < -0.39 is 27.0 Å². The minimum atomic E-state index is -5.09. The van der Waals surface area contributed by atoms with Gasteiger partial charge in [-0.25, -0.2) is 18.4 Å². The number of benzene rings is 1. The minimum Gasteiger partial charge on any atom is -0.404 e. The second-order valence-electron chi connectivity index (χ2n) is 5.30. The number of alkyl halides is 3. The van der Waals surface area contributed by atoms with Gasteiger partial charge in [-0.05, 0) is 37.9 Å². The lowest BCUT2D eigenvalue weighted by Crippen LogP contribution is -2.21. The Morgan fingerprint density at radius 1 is 1.31 bits per heavy atom. The summed E-state index contributed by atoms with van der Waals surface area (Å²) in [5, 5.41) is -0.0941. The number of nitrogens with one attached hydrogen (secondary N) is 1. The third-order valence-corrected chi connectivity index (χ3v) is 4.80. The third kappa shape index (κ3) is 6.29. The van der Waals surface area contributed by atoms with Crippen LogP contribution in [-0.2, 0) is 10.0 Å². The number of ether oxygens (including phenoxy) is 1. The van der Waals surface area contributed by atoms with Crippen LogP contribution < -0.4 is 9.46 Å². The number of sulfonamides is 1. The number of allylic oxidation sites excluding steroid dienone is 1. The van der Waals surface area contributed by atoms with Crippen molar-refractivity contribution in [1.29, 1.82) is 0 Å². The Hall–Kier alpha value is -2.92. The fraction of sp³-hybridized carbons (Fsp3) is 0.118. The van der Waals surface area contributed by atoms with Crippen molar-refractivity contribution in [2.75, 3.05) is 4.72 Å². The molecule has 2 aromatic rings. The maximum atomic E-state index is 12.7. The zero-order chi connectivity index (χ0) is 21.7. The third-order valence-electron chi connectivity index (χ3n) is 3.17. The fourth-order valence-electron chi connectivity index (χ4n) is 2.08. The van der Waals surface area contributed by atoms with Crippen molar-refractivity contribution >= 4 is 39.9 Å². The van der Waals surface area contributed by atoms with Crippen LogP contribution in [0.4, 0.5) is 18.9 Å². The largest absolute Gasteiger partial charge is 0.573 e. The molecule has 0 fully saturated rings. The molecule has 0 radical (unpaired) electrons. The molecule has 2 rings (SSSR count). The summed E-state index contributed by atoms with van der Waals surface area (Å²) in [5.74, 6) is -0.762. The summed E-state index contributed by atoms with van der Waals surface area (Å²) < 4.78 is 69.1. The van der Waals surface area contributed by atoms with Crippen molar-refractivity contribution in [2.45, 2.75) is 18.2 Å². The molecule has 0 aliphatic rings. The molecule has 0 saturated carbocycles. The lowest BCUT2D eigenvalue weighted by atomic mass is 10.2. The van der Waals surface area contributed by atoms with Crippen molar-refractivity contribution < 1.29 is 26.3 Å². The average Bonchev–Trinajstić information content (AvgIpc) is 2.62. The first-order valence-electron chi connectivity index (χ1n) is 7.75. The lowest BCUT2D eigenvalue weighted by molar-refractivity contribution is -0.275. The van der Waals surface area contributed by atoms with Crippen molar-refractivity contribution in [1.82, 2.24) is 4.98 Å². The van der Waals surface area contributed by atoms with Crippen molar-refractivity contribution in [3.63, 3.8) is 0 Å². The summed E-state index contributed by atoms with van der Waals surface area (Å²) in [6.45, 7) is 5.11. The van der Waals surface area contributed by atoms with E-state index >= 15 is 0 Å². The summed E-state index contributed by atoms with van der Waals surface area (Å²) in [4.78, 5) is 10.8. The maximum absolute atomic E-state index is 12.7. The van der Waals surface area contributed by atoms with Crippen LogP contribution in [0.15, 0.2) is 63.8 Å². The van der Waals surface area contributed by atoms with E-state index in [1.807, 2.05) is 0 Å². The highest BCUT2D eigenvalue weighted by Gasteiger charge is 2.34. The first kappa shape index (κ1) is 22.4. The van der Waals surface area contributed by atoms with E-state index in [1.165, 1.54) is 18.5 Å². The van der Waals surface area contributed by atoms with E-state index in [0.717, 1.165) is 24.4 Å². The molecule has 154 valence electrons. The van der Waals surface area contributed by atoms with Gasteiger partial charge in [0.25, 0.3) is 10.0 Å². The van der Waals surface area contributed by atoms with Gasteiger partial charge in [-0.3, -0.25) is 9.71 Å². The van der Waals surface area contributed by atoms with Crippen LogP contribution in [0.1, 0.15) is 12.5 Å². The minimum absolute atomic E-state index is 0.0442. The van der Waals surface area contributed by atoms with E-state index in [1.54, 1.807) is 13.0 Å². The molecule has 1 N–H and O–H groups in total. The van der Waals surface area contributed by atoms with Crippen molar-refractivity contribution in [2.24, 2.45) is 9.98 Å². The summed E-state index contributed by atoms with van der Waals surface area (Å²) in [5.41, 5.74) is 0.286. The lowest BCUT2D eigenvalue weighted by Gasteiger charge is -2.15. The Bertz CT molecular complexity index is 1070. The molecule has 1 heterocycles. The molecule has 0 unspecified atom stereocenters. The summed E-state index contributed by atoms with van der Waals surface area (Å²) in [6.07, 6.45) is 0.534. The van der Waals surface area contributed by atoms with E-state index in [0.29, 0.717) is 5.56 Å². The van der Waals surface area contributed by atoms with Crippen LogP contribution in [0.3, 0.4) is 0 Å². The van der Waals surface area contributed by atoms with Crippen LogP contribution >= 0.6 is 11.6 Å².